The number of hydrogen-bond acceptors (Lipinski definition) is 0. The van der Waals surface area contributed by atoms with Crippen molar-refractivity contribution in [3.8, 4) is 12.3 Å². The Hall–Kier alpha value is -3.04. The molecule has 0 spiro atoms. The van der Waals surface area contributed by atoms with Gasteiger partial charge in [0.25, 0.3) is 0 Å². The summed E-state index contributed by atoms with van der Waals surface area (Å²) in [4.78, 5) is 0. The maximum absolute atomic E-state index is 4.60. The van der Waals surface area contributed by atoms with Crippen LogP contribution in [-0.4, -0.2) is 0 Å². The van der Waals surface area contributed by atoms with Gasteiger partial charge in [-0.1, -0.05) is 195 Å². The zero-order valence-corrected chi connectivity index (χ0v) is 39.6. The van der Waals surface area contributed by atoms with Gasteiger partial charge in [-0.3, -0.25) is 0 Å². The molecule has 0 bridgehead atoms. The number of benzene rings is 2. The van der Waals surface area contributed by atoms with Crippen LogP contribution in [0.25, 0.3) is 5.57 Å². The van der Waals surface area contributed by atoms with E-state index in [2.05, 4.69) is 134 Å². The molecule has 2 aromatic rings. The first-order valence-corrected chi connectivity index (χ1v) is 23.0. The molecule has 2 aliphatic carbocycles. The molecule has 3 atom stereocenters. The molecule has 2 aromatic carbocycles. The Kier molecular flexibility index (Phi) is 38.8. The normalized spacial score (nSPS) is 14.5. The fourth-order valence-electron chi connectivity index (χ4n) is 7.22. The molecule has 0 radical (unpaired) electrons. The predicted molar refractivity (Wildman–Crippen MR) is 257 cm³/mol. The van der Waals surface area contributed by atoms with Crippen LogP contribution in [0, 0.1) is 42.9 Å². The van der Waals surface area contributed by atoms with Crippen LogP contribution >= 0.6 is 0 Å². The third-order valence-electron chi connectivity index (χ3n) is 9.79. The summed E-state index contributed by atoms with van der Waals surface area (Å²) in [5.41, 5.74) is 12.0. The first-order valence-electron chi connectivity index (χ1n) is 23.0. The van der Waals surface area contributed by atoms with E-state index in [4.69, 9.17) is 0 Å². The molecule has 0 nitrogen and oxygen atoms in total. The number of terminal acetylenes is 1. The Morgan fingerprint density at radius 1 is 0.818 bits per heavy atom. The third kappa shape index (κ3) is 22.9. The Bertz CT molecular complexity index is 1340. The van der Waals surface area contributed by atoms with Gasteiger partial charge in [0, 0.05) is 0 Å². The lowest BCUT2D eigenvalue weighted by atomic mass is 9.80. The van der Waals surface area contributed by atoms with Crippen molar-refractivity contribution in [2.24, 2.45) is 23.7 Å². The van der Waals surface area contributed by atoms with Crippen molar-refractivity contribution in [3.63, 3.8) is 0 Å². The molecule has 0 N–H and O–H groups in total. The van der Waals surface area contributed by atoms with Crippen LogP contribution < -0.4 is 0 Å². The Labute approximate surface area is 346 Å². The lowest BCUT2D eigenvalue weighted by molar-refractivity contribution is 0.357. The van der Waals surface area contributed by atoms with Gasteiger partial charge in [-0.25, -0.2) is 0 Å². The topological polar surface area (TPSA) is 0 Å². The Morgan fingerprint density at radius 3 is 2.00 bits per heavy atom. The highest BCUT2D eigenvalue weighted by molar-refractivity contribution is 5.73. The molecule has 4 rings (SSSR count). The highest BCUT2D eigenvalue weighted by Gasteiger charge is 2.31. The summed E-state index contributed by atoms with van der Waals surface area (Å²) >= 11 is 0. The SMILES string of the molecule is C#CC.C=C1c2cc(C)ccc2CC1C(CCC)CCc1ccc(CC(CC)C2=CCCC=C2)c(CCC)c1.CC.CC.CC.CC.CCC=CCC(C)C. The van der Waals surface area contributed by atoms with E-state index < -0.39 is 0 Å². The van der Waals surface area contributed by atoms with Gasteiger partial charge in [0.15, 0.2) is 0 Å². The van der Waals surface area contributed by atoms with Crippen molar-refractivity contribution in [2.75, 3.05) is 0 Å². The minimum atomic E-state index is 0.610. The standard InChI is InChI=1S/C36H48.C8H16.C3H4.4C2H6/c1-6-12-31(36-25-34-19-16-26(4)22-35(34)27(36)5)20-17-28-18-21-33(32(23-28)13-7-2)24-29(8-3)30-14-10-9-11-15-30;1-4-5-6-7-8(2)3;1-3-2;4*1-2/h10,14-16,18-19,21-23,29,31,36H,5-9,11-13,17,20,24-25H2,1-4H3;5-6,8H,4,7H2,1-3H3;1H,2H3;4*1-2H3. The fraction of sp³-hybridized carbons (Fsp3) is 0.600. The average Bonchev–Trinajstić information content (AvgIpc) is 3.54. The highest BCUT2D eigenvalue weighted by Crippen LogP contribution is 2.43. The second-order valence-electron chi connectivity index (χ2n) is 14.2. The van der Waals surface area contributed by atoms with Gasteiger partial charge < -0.3 is 0 Å². The van der Waals surface area contributed by atoms with Crippen LogP contribution in [0.2, 0.25) is 0 Å². The molecule has 0 amide bonds. The summed E-state index contributed by atoms with van der Waals surface area (Å²) in [5, 5.41) is 0. The Balaban J connectivity index is -0.00000120. The minimum Gasteiger partial charge on any atom is -0.120 e. The molecule has 0 heteroatoms. The van der Waals surface area contributed by atoms with E-state index in [0.29, 0.717) is 11.8 Å². The van der Waals surface area contributed by atoms with Crippen molar-refractivity contribution >= 4 is 5.57 Å². The highest BCUT2D eigenvalue weighted by atomic mass is 14.4. The molecule has 0 fully saturated rings. The van der Waals surface area contributed by atoms with Crippen molar-refractivity contribution in [3.05, 3.63) is 112 Å². The van der Waals surface area contributed by atoms with Gasteiger partial charge >= 0.3 is 0 Å². The summed E-state index contributed by atoms with van der Waals surface area (Å²) in [6, 6.07) is 14.4. The summed E-state index contributed by atoms with van der Waals surface area (Å²) in [7, 11) is 0. The largest absolute Gasteiger partial charge is 0.120 e. The molecule has 0 aliphatic heterocycles. The molecule has 0 saturated heterocycles. The number of rotatable bonds is 15. The molecule has 312 valence electrons. The van der Waals surface area contributed by atoms with Crippen LogP contribution in [-0.2, 0) is 25.7 Å². The second kappa shape index (κ2) is 37.9. The van der Waals surface area contributed by atoms with Gasteiger partial charge in [0.1, 0.15) is 0 Å². The fourth-order valence-corrected chi connectivity index (χ4v) is 7.22. The van der Waals surface area contributed by atoms with Crippen LogP contribution in [0.1, 0.15) is 195 Å². The van der Waals surface area contributed by atoms with Crippen molar-refractivity contribution in [1.29, 1.82) is 0 Å². The van der Waals surface area contributed by atoms with E-state index in [9.17, 15) is 0 Å². The van der Waals surface area contributed by atoms with Crippen molar-refractivity contribution < 1.29 is 0 Å². The third-order valence-corrected chi connectivity index (χ3v) is 9.79. The molecule has 2 aliphatic rings. The summed E-state index contributed by atoms with van der Waals surface area (Å²) in [6.07, 6.45) is 32.1. The zero-order chi connectivity index (χ0) is 42.6. The lowest BCUT2D eigenvalue weighted by Crippen LogP contribution is -2.15. The summed E-state index contributed by atoms with van der Waals surface area (Å²) in [5.74, 6) is 5.05. The van der Waals surface area contributed by atoms with Gasteiger partial charge in [-0.05, 0) is 141 Å². The lowest BCUT2D eigenvalue weighted by Gasteiger charge is -2.25. The number of aryl methyl sites for hydroxylation is 3. The number of hydrogen-bond donors (Lipinski definition) is 0. The van der Waals surface area contributed by atoms with Crippen LogP contribution in [0.5, 0.6) is 0 Å². The maximum Gasteiger partial charge on any atom is -0.00297 e. The van der Waals surface area contributed by atoms with Gasteiger partial charge in [0.2, 0.25) is 0 Å². The number of fused-ring (bicyclic) bond motifs is 1. The van der Waals surface area contributed by atoms with E-state index in [1.807, 2.05) is 55.4 Å². The predicted octanol–water partition coefficient (Wildman–Crippen LogP) is 17.8. The summed E-state index contributed by atoms with van der Waals surface area (Å²) < 4.78 is 0. The Morgan fingerprint density at radius 2 is 1.47 bits per heavy atom. The van der Waals surface area contributed by atoms with E-state index in [1.165, 1.54) is 111 Å². The molecule has 0 heterocycles. The molecular formula is C55H92. The monoisotopic (exact) mass is 753 g/mol. The second-order valence-corrected chi connectivity index (χ2v) is 14.2. The molecule has 0 saturated carbocycles. The number of allylic oxidation sites excluding steroid dienone is 7. The van der Waals surface area contributed by atoms with Gasteiger partial charge in [-0.15, -0.1) is 12.3 Å². The van der Waals surface area contributed by atoms with Crippen molar-refractivity contribution in [1.82, 2.24) is 0 Å². The zero-order valence-electron chi connectivity index (χ0n) is 39.6. The van der Waals surface area contributed by atoms with Crippen molar-refractivity contribution in [2.45, 2.75) is 194 Å². The van der Waals surface area contributed by atoms with Crippen LogP contribution in [0.15, 0.2) is 78.9 Å². The molecule has 55 heavy (non-hydrogen) atoms. The summed E-state index contributed by atoms with van der Waals surface area (Å²) in [6.45, 7) is 38.1. The van der Waals surface area contributed by atoms with E-state index in [1.54, 1.807) is 23.6 Å². The van der Waals surface area contributed by atoms with Crippen LogP contribution in [0.4, 0.5) is 0 Å². The molecule has 0 aromatic heterocycles. The van der Waals surface area contributed by atoms with Crippen LogP contribution in [0.3, 0.4) is 0 Å². The average molecular weight is 753 g/mol. The van der Waals surface area contributed by atoms with E-state index >= 15 is 0 Å². The maximum atomic E-state index is 4.60. The van der Waals surface area contributed by atoms with Gasteiger partial charge in [0.05, 0.1) is 0 Å². The quantitative estimate of drug-likeness (QED) is 0.126. The molecule has 3 unspecified atom stereocenters. The van der Waals surface area contributed by atoms with E-state index in [-0.39, 0.29) is 0 Å². The first kappa shape index (κ1) is 56.3. The smallest absolute Gasteiger partial charge is 0.00297 e. The van der Waals surface area contributed by atoms with E-state index in [0.717, 1.165) is 11.8 Å². The van der Waals surface area contributed by atoms with Gasteiger partial charge in [-0.2, -0.15) is 0 Å². The first-order chi connectivity index (χ1) is 26.7. The minimum absolute atomic E-state index is 0.610. The molecular weight excluding hydrogens is 661 g/mol.